The van der Waals surface area contributed by atoms with E-state index in [1.165, 1.54) is 4.90 Å². The third kappa shape index (κ3) is 7.08. The van der Waals surface area contributed by atoms with Crippen molar-refractivity contribution >= 4 is 17.8 Å². The molecule has 0 radical (unpaired) electrons. The Balaban J connectivity index is 0.000000238. The number of carbonyl (C=O) groups excluding carboxylic acids is 3. The van der Waals surface area contributed by atoms with E-state index in [0.29, 0.717) is 32.4 Å². The Labute approximate surface area is 137 Å². The number of imide groups is 1. The summed E-state index contributed by atoms with van der Waals surface area (Å²) in [7, 11) is 0. The molecule has 23 heavy (non-hydrogen) atoms. The number of likely N-dealkylation sites (tertiary alicyclic amines) is 1. The van der Waals surface area contributed by atoms with E-state index in [1.807, 2.05) is 44.2 Å². The molecule has 1 fully saturated rings. The highest BCUT2D eigenvalue weighted by atomic mass is 16.5. The van der Waals surface area contributed by atoms with E-state index in [1.54, 1.807) is 0 Å². The van der Waals surface area contributed by atoms with Gasteiger partial charge in [-0.25, -0.2) is 0 Å². The molecule has 5 nitrogen and oxygen atoms in total. The maximum Gasteiger partial charge on any atom is 0.310 e. The summed E-state index contributed by atoms with van der Waals surface area (Å²) in [4.78, 5) is 34.3. The van der Waals surface area contributed by atoms with Gasteiger partial charge >= 0.3 is 5.97 Å². The second-order valence-electron chi connectivity index (χ2n) is 5.32. The summed E-state index contributed by atoms with van der Waals surface area (Å²) in [6.07, 6.45) is 2.94. The predicted molar refractivity (Wildman–Crippen MR) is 87.6 cm³/mol. The Hall–Kier alpha value is -2.17. The van der Waals surface area contributed by atoms with Crippen molar-refractivity contribution in [3.63, 3.8) is 0 Å². The lowest BCUT2D eigenvalue weighted by atomic mass is 10.2. The van der Waals surface area contributed by atoms with Crippen molar-refractivity contribution in [2.24, 2.45) is 0 Å². The van der Waals surface area contributed by atoms with Gasteiger partial charge in [0.2, 0.25) is 11.8 Å². The summed E-state index contributed by atoms with van der Waals surface area (Å²) in [5.74, 6) is -0.160. The van der Waals surface area contributed by atoms with Gasteiger partial charge in [-0.05, 0) is 18.4 Å². The van der Waals surface area contributed by atoms with Crippen LogP contribution in [-0.4, -0.2) is 35.8 Å². The minimum Gasteiger partial charge on any atom is -0.465 e. The first-order chi connectivity index (χ1) is 11.1. The zero-order chi connectivity index (χ0) is 17.1. The fourth-order valence-electron chi connectivity index (χ4n) is 2.13. The Morgan fingerprint density at radius 3 is 2.17 bits per heavy atom. The van der Waals surface area contributed by atoms with Crippen LogP contribution in [0, 0.1) is 0 Å². The molecule has 0 spiro atoms. The number of ether oxygens (including phenoxy) is 1. The number of esters is 1. The average molecular weight is 319 g/mol. The van der Waals surface area contributed by atoms with Gasteiger partial charge in [0.05, 0.1) is 13.0 Å². The minimum absolute atomic E-state index is 0.00755. The molecule has 0 N–H and O–H groups in total. The van der Waals surface area contributed by atoms with Crippen LogP contribution in [0.25, 0.3) is 0 Å². The van der Waals surface area contributed by atoms with Gasteiger partial charge in [-0.2, -0.15) is 0 Å². The summed E-state index contributed by atoms with van der Waals surface area (Å²) in [5, 5.41) is 0. The molecule has 1 aliphatic heterocycles. The average Bonchev–Trinajstić information content (AvgIpc) is 2.87. The van der Waals surface area contributed by atoms with Crippen LogP contribution < -0.4 is 0 Å². The molecule has 126 valence electrons. The monoisotopic (exact) mass is 319 g/mol. The Bertz CT molecular complexity index is 497. The van der Waals surface area contributed by atoms with E-state index < -0.39 is 0 Å². The third-order valence-corrected chi connectivity index (χ3v) is 3.26. The molecule has 2 rings (SSSR count). The standard InChI is InChI=1S/C11H14O2.C7H11NO2/c1-2-8-13-11(12)9-10-6-4-3-5-7-10;1-2-5-8-6(9)3-4-7(8)10/h3-7H,2,8-9H2,1H3;2-5H2,1H3. The number of hydrogen-bond acceptors (Lipinski definition) is 4. The largest absolute Gasteiger partial charge is 0.465 e. The summed E-state index contributed by atoms with van der Waals surface area (Å²) in [6, 6.07) is 9.62. The van der Waals surface area contributed by atoms with E-state index in [2.05, 4.69) is 0 Å². The lowest BCUT2D eigenvalue weighted by Crippen LogP contribution is -2.29. The lowest BCUT2D eigenvalue weighted by molar-refractivity contribution is -0.143. The summed E-state index contributed by atoms with van der Waals surface area (Å²) >= 11 is 0. The first kappa shape index (κ1) is 18.9. The first-order valence-electron chi connectivity index (χ1n) is 8.11. The predicted octanol–water partition coefficient (Wildman–Crippen LogP) is 2.73. The maximum absolute atomic E-state index is 11.1. The number of rotatable bonds is 6. The van der Waals surface area contributed by atoms with Crippen molar-refractivity contribution in [3.8, 4) is 0 Å². The summed E-state index contributed by atoms with van der Waals surface area (Å²) in [6.45, 7) is 5.05. The Kier molecular flexibility index (Phi) is 8.65. The van der Waals surface area contributed by atoms with Crippen LogP contribution in [0.1, 0.15) is 45.1 Å². The van der Waals surface area contributed by atoms with Gasteiger partial charge in [0.15, 0.2) is 0 Å². The highest BCUT2D eigenvalue weighted by Gasteiger charge is 2.27. The molecule has 0 aliphatic carbocycles. The molecule has 0 atom stereocenters. The summed E-state index contributed by atoms with van der Waals surface area (Å²) in [5.41, 5.74) is 1.00. The van der Waals surface area contributed by atoms with Crippen molar-refractivity contribution in [1.82, 2.24) is 4.90 Å². The first-order valence-corrected chi connectivity index (χ1v) is 8.11. The molecule has 1 aromatic carbocycles. The van der Waals surface area contributed by atoms with Gasteiger partial charge in [0.1, 0.15) is 0 Å². The molecule has 0 aromatic heterocycles. The van der Waals surface area contributed by atoms with Crippen LogP contribution in [0.2, 0.25) is 0 Å². The van der Waals surface area contributed by atoms with Gasteiger partial charge in [-0.3, -0.25) is 19.3 Å². The number of nitrogens with zero attached hydrogens (tertiary/aromatic N) is 1. The molecule has 0 saturated carbocycles. The molecule has 5 heteroatoms. The second kappa shape index (κ2) is 10.5. The van der Waals surface area contributed by atoms with Crippen molar-refractivity contribution in [2.45, 2.75) is 46.0 Å². The third-order valence-electron chi connectivity index (χ3n) is 3.26. The van der Waals surface area contributed by atoms with Gasteiger partial charge in [0, 0.05) is 19.4 Å². The fourth-order valence-corrected chi connectivity index (χ4v) is 2.13. The molecule has 2 amide bonds. The second-order valence-corrected chi connectivity index (χ2v) is 5.32. The van der Waals surface area contributed by atoms with E-state index in [0.717, 1.165) is 18.4 Å². The zero-order valence-electron chi connectivity index (χ0n) is 13.9. The van der Waals surface area contributed by atoms with Gasteiger partial charge in [0.25, 0.3) is 0 Å². The molecule has 0 unspecified atom stereocenters. The number of benzene rings is 1. The van der Waals surface area contributed by atoms with Gasteiger partial charge < -0.3 is 4.74 Å². The van der Waals surface area contributed by atoms with E-state index in [4.69, 9.17) is 4.74 Å². The smallest absolute Gasteiger partial charge is 0.310 e. The molecule has 1 saturated heterocycles. The minimum atomic E-state index is -0.145. The molecule has 1 aliphatic rings. The molecule has 1 aromatic rings. The van der Waals surface area contributed by atoms with Crippen LogP contribution in [0.5, 0.6) is 0 Å². The zero-order valence-corrected chi connectivity index (χ0v) is 13.9. The number of hydrogen-bond donors (Lipinski definition) is 0. The van der Waals surface area contributed by atoms with Crippen LogP contribution in [0.3, 0.4) is 0 Å². The van der Waals surface area contributed by atoms with Crippen LogP contribution in [0.4, 0.5) is 0 Å². The van der Waals surface area contributed by atoms with Crippen LogP contribution in [-0.2, 0) is 25.5 Å². The Morgan fingerprint density at radius 2 is 1.65 bits per heavy atom. The maximum atomic E-state index is 11.1. The topological polar surface area (TPSA) is 63.7 Å². The highest BCUT2D eigenvalue weighted by molar-refractivity contribution is 6.01. The van der Waals surface area contributed by atoms with Gasteiger partial charge in [-0.15, -0.1) is 0 Å². The number of amides is 2. The van der Waals surface area contributed by atoms with Crippen LogP contribution >= 0.6 is 0 Å². The molecule has 0 bridgehead atoms. The SMILES string of the molecule is CCCN1C(=O)CCC1=O.CCCOC(=O)Cc1ccccc1. The van der Waals surface area contributed by atoms with Gasteiger partial charge in [-0.1, -0.05) is 44.2 Å². The Morgan fingerprint density at radius 1 is 1.04 bits per heavy atom. The lowest BCUT2D eigenvalue weighted by Gasteiger charge is -2.10. The molecule has 1 heterocycles. The van der Waals surface area contributed by atoms with E-state index in [9.17, 15) is 14.4 Å². The van der Waals surface area contributed by atoms with E-state index >= 15 is 0 Å². The fraction of sp³-hybridized carbons (Fsp3) is 0.500. The quantitative estimate of drug-likeness (QED) is 0.597. The van der Waals surface area contributed by atoms with Crippen molar-refractivity contribution in [1.29, 1.82) is 0 Å². The van der Waals surface area contributed by atoms with Crippen LogP contribution in [0.15, 0.2) is 30.3 Å². The number of carbonyl (C=O) groups is 3. The highest BCUT2D eigenvalue weighted by Crippen LogP contribution is 2.11. The van der Waals surface area contributed by atoms with Crippen molar-refractivity contribution in [2.75, 3.05) is 13.2 Å². The van der Waals surface area contributed by atoms with Crippen molar-refractivity contribution in [3.05, 3.63) is 35.9 Å². The molecular formula is C18H25NO4. The molecular weight excluding hydrogens is 294 g/mol. The normalized spacial score (nSPS) is 13.6. The summed E-state index contributed by atoms with van der Waals surface area (Å²) < 4.78 is 4.96. The van der Waals surface area contributed by atoms with Crippen molar-refractivity contribution < 1.29 is 19.1 Å². The van der Waals surface area contributed by atoms with E-state index in [-0.39, 0.29) is 17.8 Å².